The molecule has 0 saturated carbocycles. The van der Waals surface area contributed by atoms with Gasteiger partial charge in [0.2, 0.25) is 5.75 Å². The van der Waals surface area contributed by atoms with Gasteiger partial charge < -0.3 is 15.2 Å². The molecule has 0 saturated heterocycles. The standard InChI is InChI=1S/C19H18ClN3O2/c1-12-6-5-7-13(10-12)11-16-22-18(20)17(19(21)23-16)25-15-9-4-3-8-14(15)24-2/h3-10H,11H2,1-2H3,(H2,21,22,23). The van der Waals surface area contributed by atoms with Gasteiger partial charge in [0.15, 0.2) is 22.5 Å². The van der Waals surface area contributed by atoms with E-state index in [0.29, 0.717) is 23.7 Å². The maximum absolute atomic E-state index is 6.28. The summed E-state index contributed by atoms with van der Waals surface area (Å²) < 4.78 is 11.0. The summed E-state index contributed by atoms with van der Waals surface area (Å²) in [4.78, 5) is 8.65. The molecule has 128 valence electrons. The highest BCUT2D eigenvalue weighted by atomic mass is 35.5. The van der Waals surface area contributed by atoms with Crippen molar-refractivity contribution in [1.82, 2.24) is 9.97 Å². The highest BCUT2D eigenvalue weighted by molar-refractivity contribution is 6.31. The number of aryl methyl sites for hydroxylation is 1. The average molecular weight is 356 g/mol. The Hall–Kier alpha value is -2.79. The number of benzene rings is 2. The molecule has 0 unspecified atom stereocenters. The number of hydrogen-bond donors (Lipinski definition) is 1. The quantitative estimate of drug-likeness (QED) is 0.686. The van der Waals surface area contributed by atoms with Gasteiger partial charge in [-0.05, 0) is 24.6 Å². The Balaban J connectivity index is 1.87. The second-order valence-electron chi connectivity index (χ2n) is 5.56. The Bertz CT molecular complexity index is 876. The largest absolute Gasteiger partial charge is 0.493 e. The lowest BCUT2D eigenvalue weighted by Gasteiger charge is -2.13. The van der Waals surface area contributed by atoms with E-state index in [9.17, 15) is 0 Å². The minimum absolute atomic E-state index is 0.168. The third kappa shape index (κ3) is 4.00. The first kappa shape index (κ1) is 17.0. The van der Waals surface area contributed by atoms with E-state index < -0.39 is 0 Å². The summed E-state index contributed by atoms with van der Waals surface area (Å²) in [7, 11) is 1.56. The molecule has 2 N–H and O–H groups in total. The summed E-state index contributed by atoms with van der Waals surface area (Å²) in [6.45, 7) is 2.04. The maximum atomic E-state index is 6.28. The van der Waals surface area contributed by atoms with Crippen LogP contribution in [0.3, 0.4) is 0 Å². The molecule has 3 aromatic rings. The van der Waals surface area contributed by atoms with Crippen molar-refractivity contribution < 1.29 is 9.47 Å². The molecule has 0 amide bonds. The third-order valence-corrected chi connectivity index (χ3v) is 3.88. The minimum Gasteiger partial charge on any atom is -0.493 e. The molecular formula is C19H18ClN3O2. The van der Waals surface area contributed by atoms with E-state index in [1.165, 1.54) is 5.56 Å². The molecule has 0 fully saturated rings. The zero-order chi connectivity index (χ0) is 17.8. The molecule has 25 heavy (non-hydrogen) atoms. The van der Waals surface area contributed by atoms with Crippen LogP contribution in [0.2, 0.25) is 5.15 Å². The zero-order valence-corrected chi connectivity index (χ0v) is 14.7. The van der Waals surface area contributed by atoms with Gasteiger partial charge in [-0.15, -0.1) is 0 Å². The van der Waals surface area contributed by atoms with Gasteiger partial charge in [0.25, 0.3) is 0 Å². The maximum Gasteiger partial charge on any atom is 0.206 e. The molecule has 0 aliphatic carbocycles. The summed E-state index contributed by atoms with van der Waals surface area (Å²) >= 11 is 6.28. The number of anilines is 1. The predicted octanol–water partition coefficient (Wildman–Crippen LogP) is 4.41. The predicted molar refractivity (Wildman–Crippen MR) is 98.5 cm³/mol. The molecule has 2 aromatic carbocycles. The number of rotatable bonds is 5. The molecule has 0 bridgehead atoms. The summed E-state index contributed by atoms with van der Waals surface area (Å²) in [5, 5.41) is 0.168. The molecule has 5 nitrogen and oxygen atoms in total. The lowest BCUT2D eigenvalue weighted by molar-refractivity contribution is 0.378. The van der Waals surface area contributed by atoms with E-state index >= 15 is 0 Å². The summed E-state index contributed by atoms with van der Waals surface area (Å²) in [5.41, 5.74) is 8.31. The van der Waals surface area contributed by atoms with E-state index in [-0.39, 0.29) is 16.7 Å². The summed E-state index contributed by atoms with van der Waals surface area (Å²) in [6, 6.07) is 15.3. The lowest BCUT2D eigenvalue weighted by Crippen LogP contribution is -2.04. The summed E-state index contributed by atoms with van der Waals surface area (Å²) in [5.74, 6) is 2.02. The smallest absolute Gasteiger partial charge is 0.206 e. The van der Waals surface area contributed by atoms with Gasteiger partial charge in [0.1, 0.15) is 5.82 Å². The number of methoxy groups -OCH3 is 1. The Labute approximate surface area is 151 Å². The number of nitrogen functional groups attached to an aromatic ring is 1. The number of halogens is 1. The molecule has 0 atom stereocenters. The van der Waals surface area contributed by atoms with Crippen molar-refractivity contribution in [3.63, 3.8) is 0 Å². The highest BCUT2D eigenvalue weighted by Crippen LogP contribution is 2.37. The van der Waals surface area contributed by atoms with Crippen LogP contribution in [0, 0.1) is 6.92 Å². The first-order chi connectivity index (χ1) is 12.1. The molecule has 0 aliphatic rings. The number of nitrogens with zero attached hydrogens (tertiary/aromatic N) is 2. The van der Waals surface area contributed by atoms with Gasteiger partial charge in [0, 0.05) is 6.42 Å². The zero-order valence-electron chi connectivity index (χ0n) is 14.0. The van der Waals surface area contributed by atoms with Crippen molar-refractivity contribution in [1.29, 1.82) is 0 Å². The lowest BCUT2D eigenvalue weighted by atomic mass is 10.1. The second-order valence-corrected chi connectivity index (χ2v) is 5.92. The number of hydrogen-bond acceptors (Lipinski definition) is 5. The Morgan fingerprint density at radius 3 is 2.48 bits per heavy atom. The molecule has 0 radical (unpaired) electrons. The molecule has 1 heterocycles. The average Bonchev–Trinajstić information content (AvgIpc) is 2.58. The fourth-order valence-corrected chi connectivity index (χ4v) is 2.71. The van der Waals surface area contributed by atoms with E-state index in [1.54, 1.807) is 19.2 Å². The van der Waals surface area contributed by atoms with Crippen LogP contribution in [0.25, 0.3) is 0 Å². The van der Waals surface area contributed by atoms with Crippen LogP contribution in [-0.2, 0) is 6.42 Å². The van der Waals surface area contributed by atoms with Crippen LogP contribution in [0.1, 0.15) is 17.0 Å². The second kappa shape index (κ2) is 7.40. The number of nitrogens with two attached hydrogens (primary N) is 1. The number of ether oxygens (including phenoxy) is 2. The fraction of sp³-hybridized carbons (Fsp3) is 0.158. The van der Waals surface area contributed by atoms with E-state index in [4.69, 9.17) is 26.8 Å². The van der Waals surface area contributed by atoms with E-state index in [1.807, 2.05) is 37.3 Å². The molecule has 6 heteroatoms. The van der Waals surface area contributed by atoms with Crippen molar-refractivity contribution in [3.05, 3.63) is 70.6 Å². The van der Waals surface area contributed by atoms with Crippen LogP contribution in [0.5, 0.6) is 17.2 Å². The van der Waals surface area contributed by atoms with Crippen molar-refractivity contribution >= 4 is 17.4 Å². The minimum atomic E-state index is 0.168. The van der Waals surface area contributed by atoms with Gasteiger partial charge in [-0.2, -0.15) is 0 Å². The SMILES string of the molecule is COc1ccccc1Oc1c(N)nc(Cc2cccc(C)c2)nc1Cl. The molecular weight excluding hydrogens is 338 g/mol. The third-order valence-electron chi connectivity index (χ3n) is 3.62. The van der Waals surface area contributed by atoms with Gasteiger partial charge in [-0.3, -0.25) is 0 Å². The van der Waals surface area contributed by atoms with Crippen LogP contribution in [0.15, 0.2) is 48.5 Å². The Morgan fingerprint density at radius 2 is 1.80 bits per heavy atom. The van der Waals surface area contributed by atoms with Gasteiger partial charge in [0.05, 0.1) is 7.11 Å². The van der Waals surface area contributed by atoms with Gasteiger partial charge >= 0.3 is 0 Å². The fourth-order valence-electron chi connectivity index (χ4n) is 2.48. The first-order valence-electron chi connectivity index (χ1n) is 7.75. The monoisotopic (exact) mass is 355 g/mol. The normalized spacial score (nSPS) is 10.5. The van der Waals surface area contributed by atoms with Gasteiger partial charge in [-0.1, -0.05) is 53.6 Å². The van der Waals surface area contributed by atoms with Crippen molar-refractivity contribution in [2.75, 3.05) is 12.8 Å². The first-order valence-corrected chi connectivity index (χ1v) is 8.13. The Morgan fingerprint density at radius 1 is 1.04 bits per heavy atom. The number of aromatic nitrogens is 2. The van der Waals surface area contributed by atoms with E-state index in [0.717, 1.165) is 5.56 Å². The summed E-state index contributed by atoms with van der Waals surface area (Å²) in [6.07, 6.45) is 0.542. The topological polar surface area (TPSA) is 70.3 Å². The van der Waals surface area contributed by atoms with Crippen molar-refractivity contribution in [2.24, 2.45) is 0 Å². The van der Waals surface area contributed by atoms with Crippen molar-refractivity contribution in [3.8, 4) is 17.2 Å². The Kier molecular flexibility index (Phi) is 5.05. The van der Waals surface area contributed by atoms with Crippen LogP contribution in [-0.4, -0.2) is 17.1 Å². The number of para-hydroxylation sites is 2. The van der Waals surface area contributed by atoms with Crippen LogP contribution in [0.4, 0.5) is 5.82 Å². The van der Waals surface area contributed by atoms with Crippen LogP contribution < -0.4 is 15.2 Å². The molecule has 0 spiro atoms. The van der Waals surface area contributed by atoms with Gasteiger partial charge in [-0.25, -0.2) is 9.97 Å². The van der Waals surface area contributed by atoms with Crippen LogP contribution >= 0.6 is 11.6 Å². The molecule has 3 rings (SSSR count). The van der Waals surface area contributed by atoms with Crippen molar-refractivity contribution in [2.45, 2.75) is 13.3 Å². The van der Waals surface area contributed by atoms with E-state index in [2.05, 4.69) is 16.0 Å². The highest BCUT2D eigenvalue weighted by Gasteiger charge is 2.15. The molecule has 0 aliphatic heterocycles. The molecule has 1 aromatic heterocycles.